The highest BCUT2D eigenvalue weighted by Crippen LogP contribution is 2.30. The van der Waals surface area contributed by atoms with Crippen molar-refractivity contribution >= 4 is 22.5 Å². The Morgan fingerprint density at radius 3 is 2.38 bits per heavy atom. The number of hydrogen-bond donors (Lipinski definition) is 2. The highest BCUT2D eigenvalue weighted by molar-refractivity contribution is 6.30. The predicted octanol–water partition coefficient (Wildman–Crippen LogP) is 4.13. The number of aromatic amines is 2. The van der Waals surface area contributed by atoms with Gasteiger partial charge in [-0.2, -0.15) is 15.4 Å². The lowest BCUT2D eigenvalue weighted by Crippen LogP contribution is -2.14. The summed E-state index contributed by atoms with van der Waals surface area (Å²) < 4.78 is 1.51. The largest absolute Gasteiger partial charge is 0.290 e. The average molecular weight is 403 g/mol. The van der Waals surface area contributed by atoms with Crippen LogP contribution in [0.1, 0.15) is 5.69 Å². The lowest BCUT2D eigenvalue weighted by atomic mass is 10.0. The molecule has 5 aromatic rings. The lowest BCUT2D eigenvalue weighted by molar-refractivity contribution is 0.864. The van der Waals surface area contributed by atoms with E-state index < -0.39 is 0 Å². The molecule has 0 fully saturated rings. The van der Waals surface area contributed by atoms with Gasteiger partial charge in [0.2, 0.25) is 0 Å². The van der Waals surface area contributed by atoms with Crippen LogP contribution >= 0.6 is 11.6 Å². The number of halogens is 1. The Kier molecular flexibility index (Phi) is 4.03. The Morgan fingerprint density at radius 2 is 1.69 bits per heavy atom. The van der Waals surface area contributed by atoms with E-state index in [1.807, 2.05) is 31.2 Å². The van der Waals surface area contributed by atoms with E-state index in [4.69, 9.17) is 11.6 Å². The summed E-state index contributed by atoms with van der Waals surface area (Å²) in [6, 6.07) is 15.0. The van der Waals surface area contributed by atoms with Gasteiger partial charge in [-0.1, -0.05) is 35.9 Å². The van der Waals surface area contributed by atoms with E-state index in [0.29, 0.717) is 16.1 Å². The van der Waals surface area contributed by atoms with Crippen LogP contribution in [0.3, 0.4) is 0 Å². The summed E-state index contributed by atoms with van der Waals surface area (Å²) in [5, 5.41) is 14.9. The normalized spacial score (nSPS) is 11.2. The van der Waals surface area contributed by atoms with Crippen LogP contribution < -0.4 is 5.56 Å². The molecule has 0 atom stereocenters. The topological polar surface area (TPSA) is 92.2 Å². The summed E-state index contributed by atoms with van der Waals surface area (Å²) in [7, 11) is 0. The maximum atomic E-state index is 13.0. The van der Waals surface area contributed by atoms with Gasteiger partial charge in [-0.15, -0.1) is 0 Å². The van der Waals surface area contributed by atoms with Crippen LogP contribution in [0.5, 0.6) is 0 Å². The van der Waals surface area contributed by atoms with Gasteiger partial charge in [0.05, 0.1) is 22.8 Å². The number of aryl methyl sites for hydroxylation is 1. The Hall–Kier alpha value is -3.71. The highest BCUT2D eigenvalue weighted by Gasteiger charge is 2.16. The molecule has 0 spiro atoms. The van der Waals surface area contributed by atoms with Crippen LogP contribution in [0, 0.1) is 6.92 Å². The number of rotatable bonds is 3. The molecule has 2 aromatic carbocycles. The molecule has 0 radical (unpaired) electrons. The van der Waals surface area contributed by atoms with Crippen molar-refractivity contribution in [1.82, 2.24) is 30.2 Å². The molecule has 5 rings (SSSR count). The molecule has 0 aliphatic rings. The van der Waals surface area contributed by atoms with Gasteiger partial charge in [0, 0.05) is 28.0 Å². The van der Waals surface area contributed by atoms with Gasteiger partial charge in [0.25, 0.3) is 5.56 Å². The van der Waals surface area contributed by atoms with E-state index in [2.05, 4.69) is 25.5 Å². The van der Waals surface area contributed by atoms with E-state index >= 15 is 0 Å². The molecule has 0 bridgehead atoms. The van der Waals surface area contributed by atoms with Crippen molar-refractivity contribution in [3.63, 3.8) is 0 Å². The van der Waals surface area contributed by atoms with Crippen molar-refractivity contribution in [2.75, 3.05) is 0 Å². The van der Waals surface area contributed by atoms with Crippen LogP contribution in [0.25, 0.3) is 39.0 Å². The molecular weight excluding hydrogens is 388 g/mol. The minimum absolute atomic E-state index is 0.157. The number of aromatic nitrogens is 6. The molecule has 142 valence electrons. The summed E-state index contributed by atoms with van der Waals surface area (Å²) in [6.45, 7) is 1.93. The molecular formula is C21H15ClN6O. The summed E-state index contributed by atoms with van der Waals surface area (Å²) >= 11 is 5.98. The summed E-state index contributed by atoms with van der Waals surface area (Å²) in [5.41, 5.74) is 5.69. The predicted molar refractivity (Wildman–Crippen MR) is 112 cm³/mol. The van der Waals surface area contributed by atoms with E-state index in [0.717, 1.165) is 33.6 Å². The smallest absolute Gasteiger partial charge is 0.280 e. The van der Waals surface area contributed by atoms with E-state index in [9.17, 15) is 4.79 Å². The fourth-order valence-electron chi connectivity index (χ4n) is 3.44. The number of benzene rings is 2. The minimum atomic E-state index is -0.157. The third-order valence-electron chi connectivity index (χ3n) is 4.89. The zero-order chi connectivity index (χ0) is 20.0. The maximum absolute atomic E-state index is 13.0. The van der Waals surface area contributed by atoms with Crippen molar-refractivity contribution in [2.24, 2.45) is 0 Å². The Morgan fingerprint density at radius 1 is 0.966 bits per heavy atom. The van der Waals surface area contributed by atoms with Crippen LogP contribution in [-0.2, 0) is 0 Å². The van der Waals surface area contributed by atoms with Gasteiger partial charge in [-0.25, -0.2) is 4.68 Å². The number of nitrogens with one attached hydrogen (secondary N) is 2. The second-order valence-electron chi connectivity index (χ2n) is 6.67. The summed E-state index contributed by atoms with van der Waals surface area (Å²) in [4.78, 5) is 17.4. The van der Waals surface area contributed by atoms with Crippen molar-refractivity contribution in [2.45, 2.75) is 6.92 Å². The molecule has 3 heterocycles. The Labute approximate surface area is 170 Å². The van der Waals surface area contributed by atoms with Gasteiger partial charge in [0.1, 0.15) is 5.69 Å². The van der Waals surface area contributed by atoms with Gasteiger partial charge in [0.15, 0.2) is 0 Å². The lowest BCUT2D eigenvalue weighted by Gasteiger charge is -2.07. The van der Waals surface area contributed by atoms with Crippen molar-refractivity contribution in [3.8, 4) is 28.1 Å². The first-order valence-electron chi connectivity index (χ1n) is 8.94. The molecule has 3 aromatic heterocycles. The first-order chi connectivity index (χ1) is 14.1. The second kappa shape index (κ2) is 6.72. The monoisotopic (exact) mass is 402 g/mol. The summed E-state index contributed by atoms with van der Waals surface area (Å²) in [5.74, 6) is 0. The number of nitrogens with zero attached hydrogens (tertiary/aromatic N) is 4. The fourth-order valence-corrected chi connectivity index (χ4v) is 3.57. The zero-order valence-corrected chi connectivity index (χ0v) is 16.1. The molecule has 0 saturated carbocycles. The van der Waals surface area contributed by atoms with Crippen LogP contribution in [0.4, 0.5) is 0 Å². The Bertz CT molecular complexity index is 1370. The molecule has 0 aliphatic carbocycles. The Balaban J connectivity index is 1.68. The second-order valence-corrected chi connectivity index (χ2v) is 7.11. The third kappa shape index (κ3) is 2.92. The van der Waals surface area contributed by atoms with Gasteiger partial charge in [-0.05, 0) is 36.8 Å². The quantitative estimate of drug-likeness (QED) is 0.474. The van der Waals surface area contributed by atoms with Crippen molar-refractivity contribution in [3.05, 3.63) is 82.0 Å². The van der Waals surface area contributed by atoms with Crippen molar-refractivity contribution < 1.29 is 0 Å². The number of H-pyrrole nitrogens is 2. The summed E-state index contributed by atoms with van der Waals surface area (Å²) in [6.07, 6.45) is 3.29. The first-order valence-corrected chi connectivity index (χ1v) is 9.32. The number of fused-ring (bicyclic) bond motifs is 1. The maximum Gasteiger partial charge on any atom is 0.280 e. The minimum Gasteiger partial charge on any atom is -0.290 e. The fraction of sp³-hybridized carbons (Fsp3) is 0.0476. The molecule has 7 nitrogen and oxygen atoms in total. The van der Waals surface area contributed by atoms with E-state index in [1.165, 1.54) is 4.68 Å². The standard InChI is InChI=1S/C21H15ClN6O/c1-12-19(14-4-2-13(3-5-14)18-11-24-27-25-18)20-17(10-23-12)21(29)28(26-20)16-8-6-15(22)7-9-16/h2-11,26H,1H3,(H,24,25,27). The molecule has 0 aliphatic heterocycles. The molecule has 29 heavy (non-hydrogen) atoms. The van der Waals surface area contributed by atoms with Crippen molar-refractivity contribution in [1.29, 1.82) is 0 Å². The van der Waals surface area contributed by atoms with E-state index in [-0.39, 0.29) is 5.56 Å². The number of hydrogen-bond acceptors (Lipinski definition) is 4. The average Bonchev–Trinajstić information content (AvgIpc) is 3.38. The van der Waals surface area contributed by atoms with Gasteiger partial charge in [-0.3, -0.25) is 14.9 Å². The third-order valence-corrected chi connectivity index (χ3v) is 5.15. The molecule has 8 heteroatoms. The van der Waals surface area contributed by atoms with Gasteiger partial charge >= 0.3 is 0 Å². The highest BCUT2D eigenvalue weighted by atomic mass is 35.5. The molecule has 0 unspecified atom stereocenters. The van der Waals surface area contributed by atoms with Crippen LogP contribution in [-0.4, -0.2) is 30.2 Å². The van der Waals surface area contributed by atoms with Crippen LogP contribution in [0.15, 0.2) is 65.7 Å². The number of pyridine rings is 1. The van der Waals surface area contributed by atoms with Gasteiger partial charge < -0.3 is 0 Å². The molecule has 0 saturated heterocycles. The zero-order valence-electron chi connectivity index (χ0n) is 15.3. The van der Waals surface area contributed by atoms with Crippen LogP contribution in [0.2, 0.25) is 5.02 Å². The molecule has 0 amide bonds. The SMILES string of the molecule is Cc1ncc2c(=O)n(-c3ccc(Cl)cc3)[nH]c2c1-c1ccc(-c2cn[nH]n2)cc1. The molecule has 2 N–H and O–H groups in total. The van der Waals surface area contributed by atoms with E-state index in [1.54, 1.807) is 36.7 Å². The first kappa shape index (κ1) is 17.4.